The molecule has 0 amide bonds. The van der Waals surface area contributed by atoms with Crippen molar-refractivity contribution in [2.45, 2.75) is 6.04 Å². The highest BCUT2D eigenvalue weighted by Gasteiger charge is 2.14. The molecule has 1 unspecified atom stereocenters. The molecule has 0 radical (unpaired) electrons. The fourth-order valence-electron chi connectivity index (χ4n) is 1.85. The van der Waals surface area contributed by atoms with Crippen LogP contribution in [-0.4, -0.2) is 17.7 Å². The van der Waals surface area contributed by atoms with Gasteiger partial charge < -0.3 is 15.6 Å². The molecule has 2 aromatic carbocycles. The van der Waals surface area contributed by atoms with Gasteiger partial charge in [0.2, 0.25) is 0 Å². The Kier molecular flexibility index (Phi) is 4.15. The summed E-state index contributed by atoms with van der Waals surface area (Å²) in [5.74, 6) is -0.510. The molecule has 0 aromatic heterocycles. The van der Waals surface area contributed by atoms with Crippen LogP contribution in [0.15, 0.2) is 54.6 Å². The quantitative estimate of drug-likeness (QED) is 0.861. The van der Waals surface area contributed by atoms with E-state index in [1.165, 1.54) is 0 Å². The lowest BCUT2D eigenvalue weighted by Gasteiger charge is -2.16. The van der Waals surface area contributed by atoms with Crippen molar-refractivity contribution in [3.8, 4) is 5.75 Å². The summed E-state index contributed by atoms with van der Waals surface area (Å²) in [5.41, 5.74) is 7.92. The predicted octanol–water partition coefficient (Wildman–Crippen LogP) is 2.20. The largest absolute Gasteiger partial charge is 0.482 e. The Morgan fingerprint density at radius 2 is 1.74 bits per heavy atom. The number of hydrogen-bond donors (Lipinski definition) is 2. The Hall–Kier alpha value is -2.33. The number of rotatable bonds is 5. The molecule has 0 aliphatic rings. The number of ether oxygens (including phenoxy) is 1. The van der Waals surface area contributed by atoms with Gasteiger partial charge in [-0.1, -0.05) is 48.5 Å². The molecule has 2 rings (SSSR count). The highest BCUT2D eigenvalue weighted by molar-refractivity contribution is 5.68. The second-order valence-electron chi connectivity index (χ2n) is 4.11. The van der Waals surface area contributed by atoms with Gasteiger partial charge in [-0.05, 0) is 11.6 Å². The van der Waals surface area contributed by atoms with Crippen molar-refractivity contribution in [3.05, 3.63) is 65.7 Å². The molecular formula is C15H15NO3. The molecule has 4 nitrogen and oxygen atoms in total. The fraction of sp³-hybridized carbons (Fsp3) is 0.133. The molecule has 3 N–H and O–H groups in total. The molecule has 0 heterocycles. The number of aliphatic carboxylic acids is 1. The van der Waals surface area contributed by atoms with Crippen LogP contribution in [0.4, 0.5) is 0 Å². The van der Waals surface area contributed by atoms with E-state index in [1.807, 2.05) is 42.5 Å². The maximum Gasteiger partial charge on any atom is 0.341 e. The Balaban J connectivity index is 2.26. The van der Waals surface area contributed by atoms with Crippen molar-refractivity contribution in [3.63, 3.8) is 0 Å². The molecular weight excluding hydrogens is 242 g/mol. The predicted molar refractivity (Wildman–Crippen MR) is 72.0 cm³/mol. The van der Waals surface area contributed by atoms with Crippen LogP contribution in [0, 0.1) is 0 Å². The van der Waals surface area contributed by atoms with Crippen LogP contribution in [0.2, 0.25) is 0 Å². The van der Waals surface area contributed by atoms with E-state index in [0.29, 0.717) is 5.75 Å². The van der Waals surface area contributed by atoms with E-state index in [1.54, 1.807) is 12.1 Å². The standard InChI is InChI=1S/C15H15NO3/c16-15(11-6-2-1-3-7-11)12-8-4-5-9-13(12)19-10-14(17)18/h1-9,15H,10,16H2,(H,17,18). The number of benzene rings is 2. The lowest BCUT2D eigenvalue weighted by molar-refractivity contribution is -0.139. The highest BCUT2D eigenvalue weighted by Crippen LogP contribution is 2.27. The van der Waals surface area contributed by atoms with Crippen molar-refractivity contribution in [2.75, 3.05) is 6.61 Å². The van der Waals surface area contributed by atoms with Gasteiger partial charge in [0.05, 0.1) is 6.04 Å². The normalized spacial score (nSPS) is 11.8. The highest BCUT2D eigenvalue weighted by atomic mass is 16.5. The Morgan fingerprint density at radius 3 is 2.42 bits per heavy atom. The molecule has 0 fully saturated rings. The average molecular weight is 257 g/mol. The number of para-hydroxylation sites is 1. The molecule has 0 saturated heterocycles. The van der Waals surface area contributed by atoms with Gasteiger partial charge in [0.1, 0.15) is 5.75 Å². The minimum Gasteiger partial charge on any atom is -0.482 e. The molecule has 0 aliphatic heterocycles. The first-order chi connectivity index (χ1) is 9.18. The zero-order valence-electron chi connectivity index (χ0n) is 10.3. The van der Waals surface area contributed by atoms with Gasteiger partial charge in [-0.3, -0.25) is 0 Å². The van der Waals surface area contributed by atoms with Crippen molar-refractivity contribution in [2.24, 2.45) is 5.73 Å². The monoisotopic (exact) mass is 257 g/mol. The summed E-state index contributed by atoms with van der Waals surface area (Å²) in [7, 11) is 0. The summed E-state index contributed by atoms with van der Waals surface area (Å²) >= 11 is 0. The van der Waals surface area contributed by atoms with E-state index in [0.717, 1.165) is 11.1 Å². The van der Waals surface area contributed by atoms with Crippen LogP contribution < -0.4 is 10.5 Å². The van der Waals surface area contributed by atoms with Gasteiger partial charge in [-0.2, -0.15) is 0 Å². The van der Waals surface area contributed by atoms with Crippen molar-refractivity contribution in [1.82, 2.24) is 0 Å². The first-order valence-electron chi connectivity index (χ1n) is 5.92. The number of nitrogens with two attached hydrogens (primary N) is 1. The van der Waals surface area contributed by atoms with Gasteiger partial charge in [-0.15, -0.1) is 0 Å². The molecule has 19 heavy (non-hydrogen) atoms. The fourth-order valence-corrected chi connectivity index (χ4v) is 1.85. The van der Waals surface area contributed by atoms with Crippen LogP contribution in [0.1, 0.15) is 17.2 Å². The summed E-state index contributed by atoms with van der Waals surface area (Å²) < 4.78 is 5.26. The summed E-state index contributed by atoms with van der Waals surface area (Å²) in [6.45, 7) is -0.376. The summed E-state index contributed by atoms with van der Waals surface area (Å²) in [6, 6.07) is 16.5. The summed E-state index contributed by atoms with van der Waals surface area (Å²) in [6.07, 6.45) is 0. The van der Waals surface area contributed by atoms with Crippen molar-refractivity contribution in [1.29, 1.82) is 0 Å². The molecule has 98 valence electrons. The van der Waals surface area contributed by atoms with E-state index in [2.05, 4.69) is 0 Å². The third-order valence-corrected chi connectivity index (χ3v) is 2.76. The molecule has 1 atom stereocenters. The van der Waals surface area contributed by atoms with Gasteiger partial charge >= 0.3 is 5.97 Å². The second-order valence-corrected chi connectivity index (χ2v) is 4.11. The Morgan fingerprint density at radius 1 is 1.11 bits per heavy atom. The zero-order valence-corrected chi connectivity index (χ0v) is 10.3. The van der Waals surface area contributed by atoms with Crippen LogP contribution in [-0.2, 0) is 4.79 Å². The second kappa shape index (κ2) is 6.02. The third kappa shape index (κ3) is 3.33. The first kappa shape index (κ1) is 13.1. The SMILES string of the molecule is NC(c1ccccc1)c1ccccc1OCC(=O)O. The van der Waals surface area contributed by atoms with E-state index in [9.17, 15) is 4.79 Å². The van der Waals surface area contributed by atoms with Crippen LogP contribution in [0.3, 0.4) is 0 Å². The van der Waals surface area contributed by atoms with Gasteiger partial charge in [0.15, 0.2) is 6.61 Å². The minimum atomic E-state index is -1.01. The number of carbonyl (C=O) groups is 1. The number of carboxylic acid groups (broad SMARTS) is 1. The smallest absolute Gasteiger partial charge is 0.341 e. The van der Waals surface area contributed by atoms with Gasteiger partial charge in [0.25, 0.3) is 0 Å². The van der Waals surface area contributed by atoms with Crippen molar-refractivity contribution >= 4 is 5.97 Å². The van der Waals surface area contributed by atoms with E-state index >= 15 is 0 Å². The first-order valence-corrected chi connectivity index (χ1v) is 5.92. The average Bonchev–Trinajstić information content (AvgIpc) is 2.45. The maximum absolute atomic E-state index is 10.6. The van der Waals surface area contributed by atoms with E-state index in [4.69, 9.17) is 15.6 Å². The van der Waals surface area contributed by atoms with Crippen LogP contribution in [0.5, 0.6) is 5.75 Å². The number of hydrogen-bond acceptors (Lipinski definition) is 3. The Labute approximate surface area is 111 Å². The van der Waals surface area contributed by atoms with Gasteiger partial charge in [0, 0.05) is 5.56 Å². The molecule has 0 spiro atoms. The van der Waals surface area contributed by atoms with E-state index in [-0.39, 0.29) is 12.6 Å². The summed E-state index contributed by atoms with van der Waals surface area (Å²) in [4.78, 5) is 10.6. The van der Waals surface area contributed by atoms with E-state index < -0.39 is 5.97 Å². The zero-order chi connectivity index (χ0) is 13.7. The molecule has 0 bridgehead atoms. The molecule has 0 saturated carbocycles. The lowest BCUT2D eigenvalue weighted by Crippen LogP contribution is -2.15. The van der Waals surface area contributed by atoms with Crippen molar-refractivity contribution < 1.29 is 14.6 Å². The van der Waals surface area contributed by atoms with Gasteiger partial charge in [-0.25, -0.2) is 4.79 Å². The van der Waals surface area contributed by atoms with Crippen LogP contribution in [0.25, 0.3) is 0 Å². The maximum atomic E-state index is 10.6. The Bertz CT molecular complexity index is 554. The lowest BCUT2D eigenvalue weighted by atomic mass is 9.99. The topological polar surface area (TPSA) is 72.5 Å². The summed E-state index contributed by atoms with van der Waals surface area (Å²) in [5, 5.41) is 8.67. The molecule has 0 aliphatic carbocycles. The number of carboxylic acids is 1. The molecule has 2 aromatic rings. The van der Waals surface area contributed by atoms with Crippen LogP contribution >= 0.6 is 0 Å². The minimum absolute atomic E-state index is 0.341. The molecule has 4 heteroatoms. The third-order valence-electron chi connectivity index (χ3n) is 2.76.